The van der Waals surface area contributed by atoms with Gasteiger partial charge in [-0.3, -0.25) is 9.59 Å². The van der Waals surface area contributed by atoms with Gasteiger partial charge in [0.15, 0.2) is 0 Å². The van der Waals surface area contributed by atoms with Gasteiger partial charge in [0.05, 0.1) is 18.7 Å². The molecule has 3 rings (SSSR count). The highest BCUT2D eigenvalue weighted by Gasteiger charge is 2.46. The Morgan fingerprint density at radius 3 is 2.57 bits per heavy atom. The van der Waals surface area contributed by atoms with Crippen LogP contribution in [0.4, 0.5) is 4.39 Å². The molecule has 1 fully saturated rings. The summed E-state index contributed by atoms with van der Waals surface area (Å²) in [5.74, 6) is -1.65. The summed E-state index contributed by atoms with van der Waals surface area (Å²) in [5.41, 5.74) is 1.21. The summed E-state index contributed by atoms with van der Waals surface area (Å²) in [6.07, 6.45) is 0.647. The van der Waals surface area contributed by atoms with E-state index in [9.17, 15) is 19.1 Å². The molecule has 0 radical (unpaired) electrons. The Kier molecular flexibility index (Phi) is 5.49. The lowest BCUT2D eigenvalue weighted by Crippen LogP contribution is -2.30. The molecule has 0 aromatic heterocycles. The summed E-state index contributed by atoms with van der Waals surface area (Å²) in [7, 11) is 1.51. The average Bonchev–Trinajstić information content (AvgIpc) is 2.94. The smallest absolute Gasteiger partial charge is 0.295 e. The highest BCUT2D eigenvalue weighted by Crippen LogP contribution is 2.42. The first-order valence-electron chi connectivity index (χ1n) is 9.08. The van der Waals surface area contributed by atoms with Gasteiger partial charge in [0.25, 0.3) is 11.7 Å². The fourth-order valence-electron chi connectivity index (χ4n) is 3.51. The molecule has 1 heterocycles. The molecule has 1 N–H and O–H groups in total. The molecule has 0 saturated carbocycles. The third kappa shape index (κ3) is 3.26. The van der Waals surface area contributed by atoms with E-state index >= 15 is 0 Å². The Morgan fingerprint density at radius 2 is 1.93 bits per heavy atom. The molecule has 1 saturated heterocycles. The molecule has 146 valence electrons. The fourth-order valence-corrected chi connectivity index (χ4v) is 3.51. The summed E-state index contributed by atoms with van der Waals surface area (Å²) in [5, 5.41) is 10.9. The molecule has 1 unspecified atom stereocenters. The number of hydrogen-bond acceptors (Lipinski definition) is 4. The highest BCUT2D eigenvalue weighted by atomic mass is 19.1. The van der Waals surface area contributed by atoms with E-state index in [1.807, 2.05) is 6.92 Å². The molecular formula is C22H22FNO4. The van der Waals surface area contributed by atoms with Crippen molar-refractivity contribution in [2.75, 3.05) is 13.7 Å². The normalized spacial score (nSPS) is 18.6. The molecule has 2 aromatic rings. The number of methoxy groups -OCH3 is 1. The number of ether oxygens (including phenoxy) is 1. The molecule has 0 bridgehead atoms. The van der Waals surface area contributed by atoms with Gasteiger partial charge in [-0.1, -0.05) is 25.1 Å². The number of Topliss-reactive ketones (excluding diaryl/α,β-unsaturated/α-hetero) is 1. The number of carbonyl (C=O) groups excluding carboxylic acids is 2. The Morgan fingerprint density at radius 1 is 1.21 bits per heavy atom. The van der Waals surface area contributed by atoms with Crippen molar-refractivity contribution in [2.24, 2.45) is 0 Å². The number of rotatable bonds is 5. The van der Waals surface area contributed by atoms with Gasteiger partial charge < -0.3 is 14.7 Å². The number of likely N-dealkylation sites (tertiary alicyclic amines) is 1. The van der Waals surface area contributed by atoms with Crippen LogP contribution >= 0.6 is 0 Å². The zero-order valence-electron chi connectivity index (χ0n) is 16.0. The third-order valence-electron chi connectivity index (χ3n) is 4.87. The number of amides is 1. The van der Waals surface area contributed by atoms with Gasteiger partial charge in [-0.15, -0.1) is 0 Å². The molecular weight excluding hydrogens is 361 g/mol. The minimum Gasteiger partial charge on any atom is -0.507 e. The van der Waals surface area contributed by atoms with Gasteiger partial charge in [0.2, 0.25) is 0 Å². The van der Waals surface area contributed by atoms with E-state index in [2.05, 4.69) is 0 Å². The lowest BCUT2D eigenvalue weighted by Gasteiger charge is -2.26. The lowest BCUT2D eigenvalue weighted by molar-refractivity contribution is -0.139. The Labute approximate surface area is 163 Å². The minimum absolute atomic E-state index is 0.0195. The van der Waals surface area contributed by atoms with Crippen LogP contribution < -0.4 is 4.74 Å². The third-order valence-corrected chi connectivity index (χ3v) is 4.87. The van der Waals surface area contributed by atoms with Gasteiger partial charge in [-0.05, 0) is 43.2 Å². The second-order valence-electron chi connectivity index (χ2n) is 6.70. The second-order valence-corrected chi connectivity index (χ2v) is 6.70. The first-order valence-corrected chi connectivity index (χ1v) is 9.08. The number of para-hydroxylation sites is 1. The van der Waals surface area contributed by atoms with E-state index in [4.69, 9.17) is 4.74 Å². The highest BCUT2D eigenvalue weighted by molar-refractivity contribution is 6.46. The van der Waals surface area contributed by atoms with Crippen LogP contribution in [0.15, 0.2) is 48.0 Å². The monoisotopic (exact) mass is 383 g/mol. The second kappa shape index (κ2) is 7.84. The van der Waals surface area contributed by atoms with Crippen molar-refractivity contribution in [3.8, 4) is 5.75 Å². The number of aliphatic hydroxyl groups is 1. The largest absolute Gasteiger partial charge is 0.507 e. The first kappa shape index (κ1) is 19.6. The van der Waals surface area contributed by atoms with Crippen molar-refractivity contribution in [3.63, 3.8) is 0 Å². The molecule has 0 spiro atoms. The maximum Gasteiger partial charge on any atom is 0.295 e. The number of halogens is 1. The summed E-state index contributed by atoms with van der Waals surface area (Å²) in [4.78, 5) is 26.9. The summed E-state index contributed by atoms with van der Waals surface area (Å²) >= 11 is 0. The maximum atomic E-state index is 13.6. The number of aliphatic hydroxyl groups excluding tert-OH is 1. The Bertz CT molecular complexity index is 967. The molecule has 0 aliphatic carbocycles. The average molecular weight is 383 g/mol. The molecule has 2 aromatic carbocycles. The van der Waals surface area contributed by atoms with Crippen LogP contribution in [0.25, 0.3) is 5.76 Å². The van der Waals surface area contributed by atoms with E-state index in [0.717, 1.165) is 0 Å². The van der Waals surface area contributed by atoms with Gasteiger partial charge in [-0.2, -0.15) is 0 Å². The predicted octanol–water partition coefficient (Wildman–Crippen LogP) is 3.97. The number of nitrogens with zero attached hydrogens (tertiary/aromatic N) is 1. The number of hydrogen-bond donors (Lipinski definition) is 1. The molecule has 1 aliphatic heterocycles. The van der Waals surface area contributed by atoms with Crippen LogP contribution in [0.3, 0.4) is 0 Å². The number of carbonyl (C=O) groups is 2. The number of benzene rings is 2. The number of ketones is 1. The molecule has 5 nitrogen and oxygen atoms in total. The van der Waals surface area contributed by atoms with Gasteiger partial charge in [0.1, 0.15) is 17.3 Å². The van der Waals surface area contributed by atoms with Crippen LogP contribution in [0, 0.1) is 12.7 Å². The summed E-state index contributed by atoms with van der Waals surface area (Å²) in [6, 6.07) is 10.4. The van der Waals surface area contributed by atoms with Crippen LogP contribution in [0.1, 0.15) is 36.1 Å². The number of aryl methyl sites for hydroxylation is 1. The molecule has 28 heavy (non-hydrogen) atoms. The van der Waals surface area contributed by atoms with E-state index < -0.39 is 23.5 Å². The predicted molar refractivity (Wildman–Crippen MR) is 103 cm³/mol. The van der Waals surface area contributed by atoms with Crippen LogP contribution in [0.5, 0.6) is 5.75 Å². The van der Waals surface area contributed by atoms with Crippen molar-refractivity contribution in [2.45, 2.75) is 26.3 Å². The van der Waals surface area contributed by atoms with E-state index in [1.165, 1.54) is 30.2 Å². The van der Waals surface area contributed by atoms with Crippen LogP contribution in [0.2, 0.25) is 0 Å². The molecule has 1 atom stereocenters. The maximum absolute atomic E-state index is 13.6. The van der Waals surface area contributed by atoms with E-state index in [0.29, 0.717) is 29.8 Å². The Balaban J connectivity index is 2.24. The van der Waals surface area contributed by atoms with Crippen LogP contribution in [-0.2, 0) is 9.59 Å². The van der Waals surface area contributed by atoms with Crippen molar-refractivity contribution in [1.82, 2.24) is 4.90 Å². The zero-order valence-corrected chi connectivity index (χ0v) is 16.0. The van der Waals surface area contributed by atoms with Crippen LogP contribution in [-0.4, -0.2) is 35.4 Å². The topological polar surface area (TPSA) is 66.8 Å². The molecule has 1 aliphatic rings. The first-order chi connectivity index (χ1) is 13.4. The summed E-state index contributed by atoms with van der Waals surface area (Å²) < 4.78 is 19.1. The minimum atomic E-state index is -0.776. The van der Waals surface area contributed by atoms with Crippen molar-refractivity contribution in [1.29, 1.82) is 0 Å². The molecule has 6 heteroatoms. The fraction of sp³-hybridized carbons (Fsp3) is 0.273. The lowest BCUT2D eigenvalue weighted by atomic mass is 9.94. The molecule has 1 amide bonds. The van der Waals surface area contributed by atoms with E-state index in [-0.39, 0.29) is 16.9 Å². The van der Waals surface area contributed by atoms with Gasteiger partial charge >= 0.3 is 0 Å². The van der Waals surface area contributed by atoms with Crippen molar-refractivity contribution < 1.29 is 23.8 Å². The standard InChI is InChI=1S/C22H22FNO4/c1-4-11-24-19(15-7-5-6-8-17(15)28-3)18(21(26)22(24)27)20(25)14-9-10-16(23)13(2)12-14/h5-10,12,19,25H,4,11H2,1-3H3/b20-18+. The Hall–Kier alpha value is -3.15. The van der Waals surface area contributed by atoms with Gasteiger partial charge in [-0.25, -0.2) is 4.39 Å². The quantitative estimate of drug-likeness (QED) is 0.482. The SMILES string of the molecule is CCCN1C(=O)C(=O)/C(=C(/O)c2ccc(F)c(C)c2)C1c1ccccc1OC. The summed E-state index contributed by atoms with van der Waals surface area (Å²) in [6.45, 7) is 3.83. The van der Waals surface area contributed by atoms with Crippen molar-refractivity contribution in [3.05, 3.63) is 70.5 Å². The van der Waals surface area contributed by atoms with E-state index in [1.54, 1.807) is 31.2 Å². The zero-order chi connectivity index (χ0) is 20.4. The van der Waals surface area contributed by atoms with Crippen molar-refractivity contribution >= 4 is 17.4 Å². The van der Waals surface area contributed by atoms with Gasteiger partial charge in [0, 0.05) is 17.7 Å².